The maximum absolute atomic E-state index is 12.3. The fourth-order valence-electron chi connectivity index (χ4n) is 3.41. The molecule has 0 unspecified atom stereocenters. The molecule has 0 aliphatic rings. The van der Waals surface area contributed by atoms with Crippen molar-refractivity contribution < 1.29 is 9.53 Å². The molecule has 0 spiro atoms. The molecule has 4 nitrogen and oxygen atoms in total. The molecular weight excluding hydrogens is 348 g/mol. The number of hydrogen-bond donors (Lipinski definition) is 1. The fraction of sp³-hybridized carbons (Fsp3) is 0.167. The van der Waals surface area contributed by atoms with Crippen molar-refractivity contribution in [2.45, 2.75) is 17.9 Å². The Hall–Kier alpha value is -3.58. The Balaban J connectivity index is 2.18. The molecule has 0 saturated carbocycles. The summed E-state index contributed by atoms with van der Waals surface area (Å²) in [6.07, 6.45) is -0.0661. The highest BCUT2D eigenvalue weighted by Gasteiger charge is 2.44. The van der Waals surface area contributed by atoms with Crippen molar-refractivity contribution in [3.63, 3.8) is 0 Å². The lowest BCUT2D eigenvalue weighted by Crippen LogP contribution is -2.39. The summed E-state index contributed by atoms with van der Waals surface area (Å²) in [7, 11) is 1.34. The zero-order chi connectivity index (χ0) is 19.8. The van der Waals surface area contributed by atoms with Gasteiger partial charge in [0, 0.05) is 5.69 Å². The number of nitriles is 1. The minimum absolute atomic E-state index is 0.0661. The Morgan fingerprint density at radius 3 is 2.04 bits per heavy atom. The molecule has 0 aliphatic carbocycles. The molecule has 3 aromatic carbocycles. The molecule has 4 heteroatoms. The van der Waals surface area contributed by atoms with Crippen LogP contribution in [0.3, 0.4) is 0 Å². The largest absolute Gasteiger partial charge is 0.469 e. The van der Waals surface area contributed by atoms with Crippen molar-refractivity contribution in [3.05, 3.63) is 102 Å². The number of anilines is 1. The van der Waals surface area contributed by atoms with E-state index in [9.17, 15) is 10.1 Å². The van der Waals surface area contributed by atoms with Crippen LogP contribution in [0, 0.1) is 11.3 Å². The minimum Gasteiger partial charge on any atom is -0.469 e. The molecule has 0 heterocycles. The molecule has 140 valence electrons. The number of methoxy groups -OCH3 is 1. The highest BCUT2D eigenvalue weighted by atomic mass is 16.5. The molecule has 0 bridgehead atoms. The average molecular weight is 370 g/mol. The first-order chi connectivity index (χ1) is 13.7. The summed E-state index contributed by atoms with van der Waals surface area (Å²) in [6, 6.07) is 30.8. The average Bonchev–Trinajstić information content (AvgIpc) is 2.78. The molecule has 0 radical (unpaired) electrons. The zero-order valence-corrected chi connectivity index (χ0v) is 15.7. The van der Waals surface area contributed by atoms with E-state index in [4.69, 9.17) is 4.74 Å². The Labute approximate surface area is 165 Å². The Morgan fingerprint density at radius 2 is 1.50 bits per heavy atom. The predicted octanol–water partition coefficient (Wildman–Crippen LogP) is 4.86. The van der Waals surface area contributed by atoms with E-state index in [1.807, 2.05) is 91.0 Å². The molecular formula is C24H22N2O2. The summed E-state index contributed by atoms with van der Waals surface area (Å²) in [6.45, 7) is 0. The van der Waals surface area contributed by atoms with Crippen molar-refractivity contribution in [1.29, 1.82) is 5.26 Å². The van der Waals surface area contributed by atoms with E-state index in [0.29, 0.717) is 0 Å². The van der Waals surface area contributed by atoms with Crippen LogP contribution in [0.4, 0.5) is 5.69 Å². The fourth-order valence-corrected chi connectivity index (χ4v) is 3.41. The molecule has 2 atom stereocenters. The van der Waals surface area contributed by atoms with Gasteiger partial charge in [-0.25, -0.2) is 0 Å². The third-order valence-corrected chi connectivity index (χ3v) is 4.85. The normalized spacial score (nSPS) is 13.6. The van der Waals surface area contributed by atoms with Crippen LogP contribution in [-0.2, 0) is 14.9 Å². The van der Waals surface area contributed by atoms with E-state index in [0.717, 1.165) is 16.8 Å². The number of carbonyl (C=O) groups is 1. The maximum atomic E-state index is 12.3. The first kappa shape index (κ1) is 19.2. The van der Waals surface area contributed by atoms with Gasteiger partial charge in [0.15, 0.2) is 0 Å². The van der Waals surface area contributed by atoms with E-state index < -0.39 is 17.4 Å². The number of ether oxygens (including phenoxy) is 1. The van der Waals surface area contributed by atoms with Gasteiger partial charge in [-0.2, -0.15) is 5.26 Å². The van der Waals surface area contributed by atoms with Gasteiger partial charge in [-0.05, 0) is 23.3 Å². The van der Waals surface area contributed by atoms with Gasteiger partial charge in [-0.15, -0.1) is 0 Å². The lowest BCUT2D eigenvalue weighted by atomic mass is 9.70. The Bertz CT molecular complexity index is 937. The molecule has 0 aromatic heterocycles. The van der Waals surface area contributed by atoms with E-state index in [2.05, 4.69) is 11.4 Å². The second-order valence-corrected chi connectivity index (χ2v) is 6.56. The number of nitrogens with one attached hydrogen (secondary N) is 1. The molecule has 3 aromatic rings. The SMILES string of the molecule is COC(=O)C[C@](C#N)(c1ccccc1)[C@@H](Nc1ccccc1)c1ccccc1. The minimum atomic E-state index is -1.15. The van der Waals surface area contributed by atoms with Gasteiger partial charge in [0.25, 0.3) is 0 Å². The first-order valence-electron chi connectivity index (χ1n) is 9.10. The Morgan fingerprint density at radius 1 is 0.964 bits per heavy atom. The standard InChI is InChI=1S/C24H22N2O2/c1-28-22(27)17-24(18-25,20-13-7-3-8-14-20)23(19-11-5-2-6-12-19)26-21-15-9-4-10-16-21/h2-16,23,26H,17H2,1H3/t23-,24-/m0/s1. The zero-order valence-electron chi connectivity index (χ0n) is 15.7. The van der Waals surface area contributed by atoms with Gasteiger partial charge in [0.05, 0.1) is 25.6 Å². The highest BCUT2D eigenvalue weighted by molar-refractivity contribution is 5.73. The quantitative estimate of drug-likeness (QED) is 0.603. The Kier molecular flexibility index (Phi) is 6.08. The van der Waals surface area contributed by atoms with E-state index >= 15 is 0 Å². The van der Waals surface area contributed by atoms with Crippen LogP contribution in [-0.4, -0.2) is 13.1 Å². The highest BCUT2D eigenvalue weighted by Crippen LogP contribution is 2.42. The van der Waals surface area contributed by atoms with E-state index in [1.54, 1.807) is 0 Å². The van der Waals surface area contributed by atoms with Gasteiger partial charge >= 0.3 is 5.97 Å². The molecule has 0 saturated heterocycles. The van der Waals surface area contributed by atoms with Gasteiger partial charge in [-0.3, -0.25) is 4.79 Å². The van der Waals surface area contributed by atoms with Crippen LogP contribution in [0.1, 0.15) is 23.6 Å². The van der Waals surface area contributed by atoms with Gasteiger partial charge in [-0.1, -0.05) is 78.9 Å². The number of carbonyl (C=O) groups excluding carboxylic acids is 1. The van der Waals surface area contributed by atoms with Crippen LogP contribution >= 0.6 is 0 Å². The second kappa shape index (κ2) is 8.88. The van der Waals surface area contributed by atoms with Crippen molar-refractivity contribution in [2.24, 2.45) is 0 Å². The summed E-state index contributed by atoms with van der Waals surface area (Å²) in [5.41, 5.74) is 1.41. The lowest BCUT2D eigenvalue weighted by molar-refractivity contribution is -0.141. The lowest BCUT2D eigenvalue weighted by Gasteiger charge is -2.36. The van der Waals surface area contributed by atoms with E-state index in [1.165, 1.54) is 7.11 Å². The second-order valence-electron chi connectivity index (χ2n) is 6.56. The molecule has 1 N–H and O–H groups in total. The molecule has 3 rings (SSSR count). The molecule has 0 amide bonds. The van der Waals surface area contributed by atoms with E-state index in [-0.39, 0.29) is 6.42 Å². The summed E-state index contributed by atoms with van der Waals surface area (Å²) < 4.78 is 4.95. The summed E-state index contributed by atoms with van der Waals surface area (Å²) >= 11 is 0. The number of para-hydroxylation sites is 1. The van der Waals surface area contributed by atoms with Crippen LogP contribution in [0.5, 0.6) is 0 Å². The topological polar surface area (TPSA) is 62.1 Å². The van der Waals surface area contributed by atoms with Crippen LogP contribution in [0.25, 0.3) is 0 Å². The number of nitrogens with zero attached hydrogens (tertiary/aromatic N) is 1. The van der Waals surface area contributed by atoms with Gasteiger partial charge in [0.1, 0.15) is 5.41 Å². The number of benzene rings is 3. The molecule has 28 heavy (non-hydrogen) atoms. The van der Waals surface area contributed by atoms with Crippen LogP contribution in [0.2, 0.25) is 0 Å². The van der Waals surface area contributed by atoms with Crippen molar-refractivity contribution in [2.75, 3.05) is 12.4 Å². The third-order valence-electron chi connectivity index (χ3n) is 4.85. The summed E-state index contributed by atoms with van der Waals surface area (Å²) in [5.74, 6) is -0.429. The van der Waals surface area contributed by atoms with Crippen molar-refractivity contribution in [1.82, 2.24) is 0 Å². The van der Waals surface area contributed by atoms with Crippen molar-refractivity contribution in [3.8, 4) is 6.07 Å². The maximum Gasteiger partial charge on any atom is 0.307 e. The molecule has 0 fully saturated rings. The summed E-state index contributed by atoms with van der Waals surface area (Å²) in [5, 5.41) is 13.9. The first-order valence-corrected chi connectivity index (χ1v) is 9.10. The van der Waals surface area contributed by atoms with Gasteiger partial charge < -0.3 is 10.1 Å². The molecule has 0 aliphatic heterocycles. The monoisotopic (exact) mass is 370 g/mol. The third kappa shape index (κ3) is 4.05. The smallest absolute Gasteiger partial charge is 0.307 e. The van der Waals surface area contributed by atoms with Crippen LogP contribution < -0.4 is 5.32 Å². The number of rotatable bonds is 7. The summed E-state index contributed by atoms with van der Waals surface area (Å²) in [4.78, 5) is 12.3. The predicted molar refractivity (Wildman–Crippen MR) is 110 cm³/mol. The number of hydrogen-bond acceptors (Lipinski definition) is 4. The van der Waals surface area contributed by atoms with Crippen molar-refractivity contribution >= 4 is 11.7 Å². The van der Waals surface area contributed by atoms with Gasteiger partial charge in [0.2, 0.25) is 0 Å². The van der Waals surface area contributed by atoms with Crippen LogP contribution in [0.15, 0.2) is 91.0 Å². The number of esters is 1.